The van der Waals surface area contributed by atoms with E-state index in [1.165, 1.54) is 0 Å². The van der Waals surface area contributed by atoms with Gasteiger partial charge in [0.15, 0.2) is 0 Å². The van der Waals surface area contributed by atoms with Crippen molar-refractivity contribution in [3.63, 3.8) is 0 Å². The quantitative estimate of drug-likeness (QED) is 0.226. The van der Waals surface area contributed by atoms with E-state index in [4.69, 9.17) is 9.72 Å². The fourth-order valence-electron chi connectivity index (χ4n) is 4.97. The molecular weight excluding hydrogens is 486 g/mol. The fourth-order valence-corrected chi connectivity index (χ4v) is 4.97. The number of para-hydroxylation sites is 3. The lowest BCUT2D eigenvalue weighted by molar-refractivity contribution is 0.0671. The van der Waals surface area contributed by atoms with E-state index in [9.17, 15) is 9.59 Å². The normalized spacial score (nSPS) is 12.1. The van der Waals surface area contributed by atoms with Gasteiger partial charge in [0.2, 0.25) is 0 Å². The first-order valence-corrected chi connectivity index (χ1v) is 13.3. The summed E-state index contributed by atoms with van der Waals surface area (Å²) in [6, 6.07) is 28.0. The fraction of sp³-hybridized carbons (Fsp3) is 0.242. The van der Waals surface area contributed by atoms with Crippen LogP contribution < -0.4 is 10.3 Å². The number of hydrogen-bond donors (Lipinski definition) is 0. The highest BCUT2D eigenvalue weighted by Crippen LogP contribution is 2.29. The van der Waals surface area contributed by atoms with E-state index in [-0.39, 0.29) is 11.5 Å². The highest BCUT2D eigenvalue weighted by atomic mass is 16.5. The van der Waals surface area contributed by atoms with Crippen molar-refractivity contribution in [2.75, 3.05) is 13.7 Å². The summed E-state index contributed by atoms with van der Waals surface area (Å²) >= 11 is 0. The molecule has 0 fully saturated rings. The molecule has 1 unspecified atom stereocenters. The molecule has 6 nitrogen and oxygen atoms in total. The summed E-state index contributed by atoms with van der Waals surface area (Å²) in [5, 5.41) is 2.60. The molecule has 0 aliphatic carbocycles. The van der Waals surface area contributed by atoms with Crippen LogP contribution in [0.2, 0.25) is 0 Å². The van der Waals surface area contributed by atoms with E-state index >= 15 is 0 Å². The van der Waals surface area contributed by atoms with Crippen LogP contribution in [0, 0.1) is 5.92 Å². The first-order chi connectivity index (χ1) is 18.9. The number of carbonyl (C=O) groups is 1. The molecule has 0 radical (unpaired) electrons. The van der Waals surface area contributed by atoms with Crippen LogP contribution in [0.25, 0.3) is 27.4 Å². The third-order valence-electron chi connectivity index (χ3n) is 7.17. The number of amides is 1. The average molecular weight is 520 g/mol. The average Bonchev–Trinajstić information content (AvgIpc) is 2.96. The highest BCUT2D eigenvalue weighted by molar-refractivity contribution is 5.98. The second-order valence-corrected chi connectivity index (χ2v) is 10.2. The number of carbonyl (C=O) groups excluding carboxylic acids is 1. The van der Waals surface area contributed by atoms with E-state index in [1.807, 2.05) is 96.8 Å². The van der Waals surface area contributed by atoms with Gasteiger partial charge in [-0.25, -0.2) is 4.98 Å². The maximum absolute atomic E-state index is 14.1. The molecule has 6 heteroatoms. The van der Waals surface area contributed by atoms with Gasteiger partial charge < -0.3 is 9.64 Å². The predicted molar refractivity (Wildman–Crippen MR) is 157 cm³/mol. The van der Waals surface area contributed by atoms with Crippen LogP contribution in [0.3, 0.4) is 0 Å². The van der Waals surface area contributed by atoms with Crippen molar-refractivity contribution in [1.82, 2.24) is 14.5 Å². The lowest BCUT2D eigenvalue weighted by atomic mass is 10.0. The molecular formula is C33H33N3O3. The molecule has 0 aliphatic rings. The van der Waals surface area contributed by atoms with Crippen molar-refractivity contribution in [2.24, 2.45) is 5.92 Å². The lowest BCUT2D eigenvalue weighted by Gasteiger charge is -2.31. The molecule has 1 aromatic heterocycles. The number of fused-ring (bicyclic) bond motifs is 2. The van der Waals surface area contributed by atoms with Crippen molar-refractivity contribution in [1.29, 1.82) is 0 Å². The molecule has 1 amide bonds. The topological polar surface area (TPSA) is 64.4 Å². The van der Waals surface area contributed by atoms with E-state index in [2.05, 4.69) is 13.8 Å². The van der Waals surface area contributed by atoms with E-state index in [0.29, 0.717) is 46.2 Å². The summed E-state index contributed by atoms with van der Waals surface area (Å²) in [6.07, 6.45) is 0.816. The first kappa shape index (κ1) is 26.2. The molecule has 0 saturated heterocycles. The minimum atomic E-state index is -0.495. The molecule has 5 rings (SSSR count). The Morgan fingerprint density at radius 2 is 1.59 bits per heavy atom. The third-order valence-corrected chi connectivity index (χ3v) is 7.17. The maximum atomic E-state index is 14.1. The molecule has 0 spiro atoms. The van der Waals surface area contributed by atoms with Crippen molar-refractivity contribution in [3.05, 3.63) is 113 Å². The van der Waals surface area contributed by atoms with Gasteiger partial charge in [-0.2, -0.15) is 0 Å². The van der Waals surface area contributed by atoms with E-state index in [1.54, 1.807) is 17.7 Å². The third kappa shape index (κ3) is 5.15. The minimum absolute atomic E-state index is 0.0945. The second-order valence-electron chi connectivity index (χ2n) is 10.2. The van der Waals surface area contributed by atoms with Gasteiger partial charge >= 0.3 is 0 Å². The molecule has 0 N–H and O–H groups in total. The number of rotatable bonds is 8. The molecule has 198 valence electrons. The number of nitrogens with zero attached hydrogens (tertiary/aromatic N) is 3. The zero-order chi connectivity index (χ0) is 27.5. The summed E-state index contributed by atoms with van der Waals surface area (Å²) in [5.74, 6) is 1.34. The monoisotopic (exact) mass is 519 g/mol. The second kappa shape index (κ2) is 11.1. The molecule has 39 heavy (non-hydrogen) atoms. The molecule has 0 aliphatic heterocycles. The van der Waals surface area contributed by atoms with Gasteiger partial charge in [0.1, 0.15) is 11.6 Å². The Bertz CT molecular complexity index is 1710. The maximum Gasteiger partial charge on any atom is 0.266 e. The Balaban J connectivity index is 1.68. The zero-order valence-corrected chi connectivity index (χ0v) is 22.8. The van der Waals surface area contributed by atoms with Crippen molar-refractivity contribution < 1.29 is 9.53 Å². The zero-order valence-electron chi connectivity index (χ0n) is 22.8. The summed E-state index contributed by atoms with van der Waals surface area (Å²) in [4.78, 5) is 34.9. The smallest absolute Gasteiger partial charge is 0.266 e. The molecule has 0 bridgehead atoms. The van der Waals surface area contributed by atoms with Crippen LogP contribution >= 0.6 is 0 Å². The molecule has 5 aromatic rings. The van der Waals surface area contributed by atoms with Gasteiger partial charge in [-0.3, -0.25) is 14.2 Å². The van der Waals surface area contributed by atoms with Crippen molar-refractivity contribution in [3.8, 4) is 11.4 Å². The van der Waals surface area contributed by atoms with Crippen molar-refractivity contribution >= 4 is 27.6 Å². The van der Waals surface area contributed by atoms with Gasteiger partial charge in [0.05, 0.1) is 29.7 Å². The Kier molecular flexibility index (Phi) is 7.46. The number of ether oxygens (including phenoxy) is 1. The van der Waals surface area contributed by atoms with E-state index < -0.39 is 6.04 Å². The number of methoxy groups -OCH3 is 1. The van der Waals surface area contributed by atoms with Crippen LogP contribution in [0.4, 0.5) is 0 Å². The molecule has 1 atom stereocenters. The Hall–Kier alpha value is -4.45. The highest BCUT2D eigenvalue weighted by Gasteiger charge is 2.28. The Morgan fingerprint density at radius 3 is 2.36 bits per heavy atom. The van der Waals surface area contributed by atoms with Gasteiger partial charge in [0, 0.05) is 12.1 Å². The van der Waals surface area contributed by atoms with Crippen LogP contribution in [-0.4, -0.2) is 34.0 Å². The van der Waals surface area contributed by atoms with Gasteiger partial charge in [-0.1, -0.05) is 68.4 Å². The van der Waals surface area contributed by atoms with Crippen LogP contribution in [0.15, 0.2) is 95.8 Å². The number of benzene rings is 4. The predicted octanol–water partition coefficient (Wildman–Crippen LogP) is 6.80. The molecule has 4 aromatic carbocycles. The van der Waals surface area contributed by atoms with Crippen LogP contribution in [0.5, 0.6) is 5.75 Å². The van der Waals surface area contributed by atoms with Crippen LogP contribution in [0.1, 0.15) is 49.4 Å². The van der Waals surface area contributed by atoms with Gasteiger partial charge in [0.25, 0.3) is 11.5 Å². The van der Waals surface area contributed by atoms with Gasteiger partial charge in [-0.15, -0.1) is 0 Å². The SMILES string of the molecule is COc1ccccc1-n1c(C(C)N(CCC(C)C)C(=O)c2ccc3ccccc3c2)nc2ccccc2c1=O. The molecule has 1 heterocycles. The summed E-state index contributed by atoms with van der Waals surface area (Å²) in [7, 11) is 1.58. The lowest BCUT2D eigenvalue weighted by Crippen LogP contribution is -2.38. The summed E-state index contributed by atoms with van der Waals surface area (Å²) < 4.78 is 7.23. The Morgan fingerprint density at radius 1 is 0.897 bits per heavy atom. The van der Waals surface area contributed by atoms with Crippen LogP contribution in [-0.2, 0) is 0 Å². The standard InChI is InChI=1S/C33H33N3O3/c1-22(2)19-20-35(32(37)26-18-17-24-11-5-6-12-25(24)21-26)23(3)31-34-28-14-8-7-13-27(28)33(38)36(31)29-15-9-10-16-30(29)39-4/h5-18,21-23H,19-20H2,1-4H3. The van der Waals surface area contributed by atoms with E-state index in [0.717, 1.165) is 17.2 Å². The largest absolute Gasteiger partial charge is 0.495 e. The minimum Gasteiger partial charge on any atom is -0.495 e. The summed E-state index contributed by atoms with van der Waals surface area (Å²) in [5.41, 5.74) is 1.59. The van der Waals surface area contributed by atoms with Gasteiger partial charge in [-0.05, 0) is 66.4 Å². The van der Waals surface area contributed by atoms with Crippen molar-refractivity contribution in [2.45, 2.75) is 33.2 Å². The Labute approximate surface area is 228 Å². The number of hydrogen-bond acceptors (Lipinski definition) is 4. The number of aromatic nitrogens is 2. The molecule has 0 saturated carbocycles. The first-order valence-electron chi connectivity index (χ1n) is 13.3. The summed E-state index contributed by atoms with van der Waals surface area (Å²) in [6.45, 7) is 6.76.